The highest BCUT2D eigenvalue weighted by Crippen LogP contribution is 2.19. The van der Waals surface area contributed by atoms with E-state index in [1.54, 1.807) is 40.0 Å². The SMILES string of the molecule is CNC(=O)c1ccc(C=Cc2csc(NC(=O)OC(C)(C)C)n2)cc1. The summed E-state index contributed by atoms with van der Waals surface area (Å²) in [5.41, 5.74) is 1.73. The summed E-state index contributed by atoms with van der Waals surface area (Å²) in [5.74, 6) is -0.118. The van der Waals surface area contributed by atoms with Crippen LogP contribution in [0.1, 0.15) is 42.4 Å². The standard InChI is InChI=1S/C18H21N3O3S/c1-18(2,3)24-17(23)21-16-20-14(11-25-16)10-7-12-5-8-13(9-6-12)15(22)19-4/h5-11H,1-4H3,(H,19,22)(H,20,21,23). The molecule has 132 valence electrons. The van der Waals surface area contributed by atoms with Crippen LogP contribution in [0.25, 0.3) is 12.2 Å². The summed E-state index contributed by atoms with van der Waals surface area (Å²) in [6.45, 7) is 5.41. The van der Waals surface area contributed by atoms with Gasteiger partial charge in [-0.1, -0.05) is 18.2 Å². The highest BCUT2D eigenvalue weighted by atomic mass is 32.1. The molecular formula is C18H21N3O3S. The van der Waals surface area contributed by atoms with Crippen molar-refractivity contribution in [2.24, 2.45) is 0 Å². The van der Waals surface area contributed by atoms with Gasteiger partial charge in [-0.15, -0.1) is 11.3 Å². The van der Waals surface area contributed by atoms with Gasteiger partial charge in [-0.3, -0.25) is 10.1 Å². The highest BCUT2D eigenvalue weighted by Gasteiger charge is 2.17. The van der Waals surface area contributed by atoms with Gasteiger partial charge in [-0.05, 0) is 44.5 Å². The summed E-state index contributed by atoms with van der Waals surface area (Å²) >= 11 is 1.32. The first-order valence-corrected chi connectivity index (χ1v) is 8.60. The molecule has 0 saturated heterocycles. The minimum Gasteiger partial charge on any atom is -0.444 e. The molecule has 0 aliphatic rings. The topological polar surface area (TPSA) is 80.3 Å². The smallest absolute Gasteiger partial charge is 0.413 e. The summed E-state index contributed by atoms with van der Waals surface area (Å²) in [6.07, 6.45) is 3.20. The second-order valence-electron chi connectivity index (χ2n) is 6.24. The van der Waals surface area contributed by atoms with E-state index in [0.717, 1.165) is 11.3 Å². The molecule has 7 heteroatoms. The van der Waals surface area contributed by atoms with Gasteiger partial charge in [0.2, 0.25) is 0 Å². The normalized spacial score (nSPS) is 11.4. The molecule has 2 rings (SSSR count). The minimum absolute atomic E-state index is 0.118. The number of anilines is 1. The van der Waals surface area contributed by atoms with Gasteiger partial charge in [0, 0.05) is 18.0 Å². The van der Waals surface area contributed by atoms with E-state index in [2.05, 4.69) is 15.6 Å². The molecule has 2 amide bonds. The molecule has 0 unspecified atom stereocenters. The van der Waals surface area contributed by atoms with Crippen LogP contribution in [0.3, 0.4) is 0 Å². The lowest BCUT2D eigenvalue weighted by Gasteiger charge is -2.18. The van der Waals surface area contributed by atoms with E-state index in [-0.39, 0.29) is 5.91 Å². The molecule has 6 nitrogen and oxygen atoms in total. The van der Waals surface area contributed by atoms with E-state index in [9.17, 15) is 9.59 Å². The van der Waals surface area contributed by atoms with Crippen LogP contribution in [0.2, 0.25) is 0 Å². The van der Waals surface area contributed by atoms with Crippen molar-refractivity contribution in [2.75, 3.05) is 12.4 Å². The minimum atomic E-state index is -0.551. The van der Waals surface area contributed by atoms with Crippen molar-refractivity contribution in [1.82, 2.24) is 10.3 Å². The molecule has 0 atom stereocenters. The van der Waals surface area contributed by atoms with E-state index in [1.165, 1.54) is 11.3 Å². The number of aromatic nitrogens is 1. The summed E-state index contributed by atoms with van der Waals surface area (Å²) < 4.78 is 5.19. The van der Waals surface area contributed by atoms with Crippen LogP contribution in [-0.4, -0.2) is 29.6 Å². The van der Waals surface area contributed by atoms with Crippen LogP contribution in [0.5, 0.6) is 0 Å². The van der Waals surface area contributed by atoms with Gasteiger partial charge in [-0.2, -0.15) is 0 Å². The zero-order chi connectivity index (χ0) is 18.4. The Labute approximate surface area is 150 Å². The maximum absolute atomic E-state index is 11.7. The second-order valence-corrected chi connectivity index (χ2v) is 7.10. The number of hydrogen-bond acceptors (Lipinski definition) is 5. The summed E-state index contributed by atoms with van der Waals surface area (Å²) in [7, 11) is 1.60. The predicted molar refractivity (Wildman–Crippen MR) is 101 cm³/mol. The predicted octanol–water partition coefficient (Wildman–Crippen LogP) is 4.02. The Hall–Kier alpha value is -2.67. The molecule has 0 aliphatic carbocycles. The number of nitrogens with zero attached hydrogens (tertiary/aromatic N) is 1. The Bertz CT molecular complexity index is 774. The van der Waals surface area contributed by atoms with Gasteiger partial charge >= 0.3 is 6.09 Å². The average molecular weight is 359 g/mol. The molecule has 25 heavy (non-hydrogen) atoms. The Kier molecular flexibility index (Phi) is 5.93. The number of ether oxygens (including phenoxy) is 1. The van der Waals surface area contributed by atoms with Crippen LogP contribution < -0.4 is 10.6 Å². The Morgan fingerprint density at radius 3 is 2.44 bits per heavy atom. The molecule has 0 radical (unpaired) electrons. The van der Waals surface area contributed by atoms with Crippen LogP contribution in [-0.2, 0) is 4.74 Å². The summed E-state index contributed by atoms with van der Waals surface area (Å²) in [6, 6.07) is 7.23. The lowest BCUT2D eigenvalue weighted by molar-refractivity contribution is 0.0635. The third-order valence-corrected chi connectivity index (χ3v) is 3.75. The Morgan fingerprint density at radius 1 is 1.16 bits per heavy atom. The van der Waals surface area contributed by atoms with Crippen LogP contribution >= 0.6 is 11.3 Å². The fourth-order valence-electron chi connectivity index (χ4n) is 1.88. The number of benzene rings is 1. The van der Waals surface area contributed by atoms with Gasteiger partial charge in [0.15, 0.2) is 5.13 Å². The number of amides is 2. The van der Waals surface area contributed by atoms with Crippen LogP contribution in [0.15, 0.2) is 29.6 Å². The van der Waals surface area contributed by atoms with Gasteiger partial charge in [0.25, 0.3) is 5.91 Å². The van der Waals surface area contributed by atoms with E-state index < -0.39 is 11.7 Å². The van der Waals surface area contributed by atoms with Gasteiger partial charge in [0.05, 0.1) is 5.69 Å². The van der Waals surface area contributed by atoms with E-state index >= 15 is 0 Å². The Morgan fingerprint density at radius 2 is 1.84 bits per heavy atom. The van der Waals surface area contributed by atoms with Crippen LogP contribution in [0, 0.1) is 0 Å². The average Bonchev–Trinajstić information content (AvgIpc) is 2.98. The van der Waals surface area contributed by atoms with Crippen molar-refractivity contribution in [3.8, 4) is 0 Å². The third kappa shape index (κ3) is 6.04. The lowest BCUT2D eigenvalue weighted by atomic mass is 10.1. The van der Waals surface area contributed by atoms with Crippen molar-refractivity contribution < 1.29 is 14.3 Å². The number of rotatable bonds is 4. The number of thiazole rings is 1. The second kappa shape index (κ2) is 7.94. The van der Waals surface area contributed by atoms with Gasteiger partial charge < -0.3 is 10.1 Å². The molecule has 0 saturated carbocycles. The van der Waals surface area contributed by atoms with Crippen molar-refractivity contribution in [2.45, 2.75) is 26.4 Å². The molecule has 1 aromatic carbocycles. The number of carbonyl (C=O) groups is 2. The van der Waals surface area contributed by atoms with E-state index in [1.807, 2.05) is 29.7 Å². The monoisotopic (exact) mass is 359 g/mol. The molecule has 1 heterocycles. The molecular weight excluding hydrogens is 338 g/mol. The first-order chi connectivity index (χ1) is 11.8. The summed E-state index contributed by atoms with van der Waals surface area (Å²) in [5, 5.41) is 7.50. The fraction of sp³-hybridized carbons (Fsp3) is 0.278. The van der Waals surface area contributed by atoms with Crippen molar-refractivity contribution in [3.05, 3.63) is 46.5 Å². The van der Waals surface area contributed by atoms with E-state index in [0.29, 0.717) is 10.7 Å². The summed E-state index contributed by atoms with van der Waals surface area (Å²) in [4.78, 5) is 27.5. The van der Waals surface area contributed by atoms with Gasteiger partial charge in [-0.25, -0.2) is 9.78 Å². The van der Waals surface area contributed by atoms with Crippen molar-refractivity contribution in [3.63, 3.8) is 0 Å². The molecule has 2 N–H and O–H groups in total. The van der Waals surface area contributed by atoms with Crippen molar-refractivity contribution in [1.29, 1.82) is 0 Å². The fourth-order valence-corrected chi connectivity index (χ4v) is 2.55. The third-order valence-electron chi connectivity index (χ3n) is 2.98. The lowest BCUT2D eigenvalue weighted by Crippen LogP contribution is -2.27. The molecule has 0 spiro atoms. The first kappa shape index (κ1) is 18.7. The molecule has 1 aromatic heterocycles. The molecule has 0 bridgehead atoms. The largest absolute Gasteiger partial charge is 0.444 e. The van der Waals surface area contributed by atoms with Crippen LogP contribution in [0.4, 0.5) is 9.93 Å². The Balaban J connectivity index is 1.97. The molecule has 2 aromatic rings. The first-order valence-electron chi connectivity index (χ1n) is 7.72. The number of carbonyl (C=O) groups excluding carboxylic acids is 2. The highest BCUT2D eigenvalue weighted by molar-refractivity contribution is 7.14. The zero-order valence-corrected chi connectivity index (χ0v) is 15.4. The quantitative estimate of drug-likeness (QED) is 0.864. The number of nitrogens with one attached hydrogen (secondary N) is 2. The molecule has 0 fully saturated rings. The molecule has 0 aliphatic heterocycles. The zero-order valence-electron chi connectivity index (χ0n) is 14.6. The maximum atomic E-state index is 11.7. The maximum Gasteiger partial charge on any atom is 0.413 e. The number of hydrogen-bond donors (Lipinski definition) is 2. The van der Waals surface area contributed by atoms with E-state index in [4.69, 9.17) is 4.74 Å². The van der Waals surface area contributed by atoms with Gasteiger partial charge in [0.1, 0.15) is 5.60 Å². The van der Waals surface area contributed by atoms with Crippen molar-refractivity contribution >= 4 is 40.6 Å².